The molecule has 0 saturated carbocycles. The van der Waals surface area contributed by atoms with Gasteiger partial charge in [-0.3, -0.25) is 4.79 Å². The molecule has 0 aliphatic rings. The first-order valence-electron chi connectivity index (χ1n) is 20.3. The summed E-state index contributed by atoms with van der Waals surface area (Å²) in [6.45, 7) is 5.93. The summed E-state index contributed by atoms with van der Waals surface area (Å²) in [6, 6.07) is 22.1. The minimum Gasteiger partial charge on any atom is -0.494 e. The molecule has 0 N–H and O–H groups in total. The lowest BCUT2D eigenvalue weighted by atomic mass is 10.0. The molecule has 0 saturated heterocycles. The van der Waals surface area contributed by atoms with Crippen LogP contribution in [0.3, 0.4) is 0 Å². The third kappa shape index (κ3) is 19.5. The molecule has 0 aliphatic heterocycles. The Morgan fingerprint density at radius 3 is 1.37 bits per heavy atom. The normalized spacial score (nSPS) is 11.3. The van der Waals surface area contributed by atoms with Gasteiger partial charge in [0.25, 0.3) is 0 Å². The fourth-order valence-electron chi connectivity index (χ4n) is 6.03. The van der Waals surface area contributed by atoms with E-state index in [4.69, 9.17) is 14.2 Å². The van der Waals surface area contributed by atoms with Crippen LogP contribution in [0.25, 0.3) is 12.2 Å². The zero-order chi connectivity index (χ0) is 36.9. The van der Waals surface area contributed by atoms with Crippen LogP contribution in [-0.2, 0) is 4.79 Å². The molecule has 52 heavy (non-hydrogen) atoms. The Labute approximate surface area is 314 Å². The van der Waals surface area contributed by atoms with Crippen LogP contribution < -0.4 is 14.2 Å². The quantitative estimate of drug-likeness (QED) is 0.0236. The SMILES string of the molecule is CCCCCCCCCCCCCCCCOc1ccc(/C=C/C(=O)c2cccc(OC(=O)/C=C/c3ccc(OCCCCCCC)cc3)c2)cc1. The summed E-state index contributed by atoms with van der Waals surface area (Å²) >= 11 is 0. The Bertz CT molecular complexity index is 1440. The molecule has 3 aromatic carbocycles. The van der Waals surface area contributed by atoms with Gasteiger partial charge in [0.2, 0.25) is 0 Å². The zero-order valence-corrected chi connectivity index (χ0v) is 32.1. The maximum atomic E-state index is 12.9. The van der Waals surface area contributed by atoms with E-state index in [1.807, 2.05) is 48.5 Å². The van der Waals surface area contributed by atoms with E-state index in [0.29, 0.717) is 17.9 Å². The lowest BCUT2D eigenvalue weighted by Gasteiger charge is -2.07. The van der Waals surface area contributed by atoms with Gasteiger partial charge in [0.15, 0.2) is 5.78 Å². The molecule has 282 valence electrons. The molecule has 0 atom stereocenters. The second-order valence-corrected chi connectivity index (χ2v) is 13.8. The molecule has 0 spiro atoms. The number of carbonyl (C=O) groups excluding carboxylic acids is 2. The number of hydrogen-bond acceptors (Lipinski definition) is 5. The number of carbonyl (C=O) groups is 2. The second kappa shape index (κ2) is 27.5. The van der Waals surface area contributed by atoms with Gasteiger partial charge in [0, 0.05) is 11.6 Å². The van der Waals surface area contributed by atoms with Crippen molar-refractivity contribution in [2.24, 2.45) is 0 Å². The van der Waals surface area contributed by atoms with Crippen molar-refractivity contribution < 1.29 is 23.8 Å². The van der Waals surface area contributed by atoms with E-state index in [2.05, 4.69) is 13.8 Å². The van der Waals surface area contributed by atoms with Gasteiger partial charge in [-0.1, -0.05) is 165 Å². The highest BCUT2D eigenvalue weighted by Crippen LogP contribution is 2.19. The van der Waals surface area contributed by atoms with E-state index in [1.54, 1.807) is 36.4 Å². The fourth-order valence-corrected chi connectivity index (χ4v) is 6.03. The fraction of sp³-hybridized carbons (Fsp3) is 0.489. The van der Waals surface area contributed by atoms with E-state index in [-0.39, 0.29) is 5.78 Å². The van der Waals surface area contributed by atoms with Crippen molar-refractivity contribution in [1.82, 2.24) is 0 Å². The Hall–Kier alpha value is -4.12. The monoisotopic (exact) mass is 708 g/mol. The first-order chi connectivity index (χ1) is 25.6. The molecular formula is C47H64O5. The Morgan fingerprint density at radius 2 is 0.904 bits per heavy atom. The summed E-state index contributed by atoms with van der Waals surface area (Å²) < 4.78 is 17.2. The van der Waals surface area contributed by atoms with Crippen molar-refractivity contribution in [2.75, 3.05) is 13.2 Å². The minimum atomic E-state index is -0.515. The average Bonchev–Trinajstić information content (AvgIpc) is 3.17. The molecule has 0 bridgehead atoms. The highest BCUT2D eigenvalue weighted by molar-refractivity contribution is 6.07. The van der Waals surface area contributed by atoms with E-state index >= 15 is 0 Å². The number of allylic oxidation sites excluding steroid dienone is 1. The van der Waals surface area contributed by atoms with Crippen LogP contribution in [0.4, 0.5) is 0 Å². The highest BCUT2D eigenvalue weighted by Gasteiger charge is 2.07. The van der Waals surface area contributed by atoms with Crippen molar-refractivity contribution in [2.45, 2.75) is 136 Å². The van der Waals surface area contributed by atoms with Gasteiger partial charge in [-0.15, -0.1) is 0 Å². The molecule has 5 nitrogen and oxygen atoms in total. The first kappa shape index (κ1) is 42.3. The topological polar surface area (TPSA) is 61.8 Å². The van der Waals surface area contributed by atoms with Crippen LogP contribution >= 0.6 is 0 Å². The zero-order valence-electron chi connectivity index (χ0n) is 32.1. The Morgan fingerprint density at radius 1 is 0.481 bits per heavy atom. The molecule has 0 fully saturated rings. The van der Waals surface area contributed by atoms with Gasteiger partial charge in [-0.2, -0.15) is 0 Å². The lowest BCUT2D eigenvalue weighted by molar-refractivity contribution is -0.128. The van der Waals surface area contributed by atoms with Crippen molar-refractivity contribution >= 4 is 23.9 Å². The number of benzene rings is 3. The number of ether oxygens (including phenoxy) is 3. The third-order valence-electron chi connectivity index (χ3n) is 9.22. The van der Waals surface area contributed by atoms with Gasteiger partial charge >= 0.3 is 5.97 Å². The predicted molar refractivity (Wildman–Crippen MR) is 217 cm³/mol. The van der Waals surface area contributed by atoms with E-state index in [0.717, 1.165) is 42.1 Å². The summed E-state index contributed by atoms with van der Waals surface area (Å²) in [6.07, 6.45) is 31.2. The lowest BCUT2D eigenvalue weighted by Crippen LogP contribution is -2.04. The van der Waals surface area contributed by atoms with Crippen molar-refractivity contribution in [1.29, 1.82) is 0 Å². The smallest absolute Gasteiger partial charge is 0.336 e. The van der Waals surface area contributed by atoms with Crippen LogP contribution in [0, 0.1) is 0 Å². The van der Waals surface area contributed by atoms with Crippen LogP contribution in [0.5, 0.6) is 17.2 Å². The van der Waals surface area contributed by atoms with Crippen molar-refractivity contribution in [3.8, 4) is 17.2 Å². The molecule has 0 heterocycles. The number of unbranched alkanes of at least 4 members (excludes halogenated alkanes) is 17. The minimum absolute atomic E-state index is 0.171. The summed E-state index contributed by atoms with van der Waals surface area (Å²) in [4.78, 5) is 25.4. The van der Waals surface area contributed by atoms with Crippen LogP contribution in [0.15, 0.2) is 84.9 Å². The summed E-state index contributed by atoms with van der Waals surface area (Å²) in [5, 5.41) is 0. The molecule has 5 heteroatoms. The number of rotatable bonds is 29. The molecule has 0 aromatic heterocycles. The highest BCUT2D eigenvalue weighted by atomic mass is 16.5. The molecule has 0 amide bonds. The summed E-state index contributed by atoms with van der Waals surface area (Å²) in [5.74, 6) is 1.30. The van der Waals surface area contributed by atoms with E-state index < -0.39 is 5.97 Å². The number of ketones is 1. The third-order valence-corrected chi connectivity index (χ3v) is 9.22. The maximum absolute atomic E-state index is 12.9. The van der Waals surface area contributed by atoms with Gasteiger partial charge < -0.3 is 14.2 Å². The van der Waals surface area contributed by atoms with Crippen LogP contribution in [-0.4, -0.2) is 25.0 Å². The van der Waals surface area contributed by atoms with E-state index in [1.165, 1.54) is 121 Å². The molecule has 3 rings (SSSR count). The molecule has 0 unspecified atom stereocenters. The Balaban J connectivity index is 1.29. The Kier molecular flexibility index (Phi) is 22.4. The molecule has 3 aromatic rings. The predicted octanol–water partition coefficient (Wildman–Crippen LogP) is 13.4. The number of hydrogen-bond donors (Lipinski definition) is 0. The second-order valence-electron chi connectivity index (χ2n) is 13.8. The maximum Gasteiger partial charge on any atom is 0.336 e. The standard InChI is InChI=1S/C47H64O5/c1-3-5-7-9-10-11-12-13-14-15-16-17-19-21-38-51-43-31-25-40(26-32-43)29-35-46(48)42-23-22-24-45(39-42)52-47(49)36-30-41-27-33-44(34-28-41)50-37-20-18-8-6-4-2/h22-36,39H,3-21,37-38H2,1-2H3/b35-29+,36-30+. The first-order valence-corrected chi connectivity index (χ1v) is 20.3. The van der Waals surface area contributed by atoms with Crippen molar-refractivity contribution in [3.63, 3.8) is 0 Å². The molecule has 0 radical (unpaired) electrons. The average molecular weight is 709 g/mol. The summed E-state index contributed by atoms with van der Waals surface area (Å²) in [5.41, 5.74) is 2.22. The molecular weight excluding hydrogens is 645 g/mol. The largest absolute Gasteiger partial charge is 0.494 e. The van der Waals surface area contributed by atoms with Crippen molar-refractivity contribution in [3.05, 3.63) is 102 Å². The van der Waals surface area contributed by atoms with E-state index in [9.17, 15) is 9.59 Å². The van der Waals surface area contributed by atoms with Gasteiger partial charge in [0.05, 0.1) is 13.2 Å². The summed E-state index contributed by atoms with van der Waals surface area (Å²) in [7, 11) is 0. The molecule has 0 aliphatic carbocycles. The van der Waals surface area contributed by atoms with Gasteiger partial charge in [0.1, 0.15) is 17.2 Å². The number of esters is 1. The van der Waals surface area contributed by atoms with Gasteiger partial charge in [-0.05, 0) is 72.5 Å². The van der Waals surface area contributed by atoms with Gasteiger partial charge in [-0.25, -0.2) is 4.79 Å². The van der Waals surface area contributed by atoms with Crippen LogP contribution in [0.1, 0.15) is 157 Å². The van der Waals surface area contributed by atoms with Crippen LogP contribution in [0.2, 0.25) is 0 Å².